The van der Waals surface area contributed by atoms with Gasteiger partial charge in [0.1, 0.15) is 0 Å². The fourth-order valence-corrected chi connectivity index (χ4v) is 1.62. The molecule has 0 radical (unpaired) electrons. The highest BCUT2D eigenvalue weighted by Crippen LogP contribution is 2.15. The van der Waals surface area contributed by atoms with E-state index in [-0.39, 0.29) is 0 Å². The molecule has 0 unspecified atom stereocenters. The lowest BCUT2D eigenvalue weighted by Crippen LogP contribution is -2.24. The van der Waals surface area contributed by atoms with Crippen molar-refractivity contribution < 1.29 is 4.79 Å². The van der Waals surface area contributed by atoms with Crippen LogP contribution in [0.3, 0.4) is 0 Å². The molecule has 2 rings (SSSR count). The lowest BCUT2D eigenvalue weighted by molar-refractivity contribution is 0.249. The van der Waals surface area contributed by atoms with Gasteiger partial charge in [0.25, 0.3) is 0 Å². The molecule has 0 aliphatic rings. The monoisotopic (exact) mass is 262 g/mol. The average Bonchev–Trinajstić information content (AvgIpc) is 2.78. The van der Waals surface area contributed by atoms with Gasteiger partial charge in [-0.1, -0.05) is 11.6 Å². The van der Waals surface area contributed by atoms with Crippen molar-refractivity contribution in [2.45, 2.75) is 0 Å². The topological polar surface area (TPSA) is 72.4 Å². The van der Waals surface area contributed by atoms with Crippen molar-refractivity contribution in [3.63, 3.8) is 0 Å². The van der Waals surface area contributed by atoms with Gasteiger partial charge in [-0.05, 0) is 36.4 Å². The van der Waals surface area contributed by atoms with E-state index in [1.807, 2.05) is 35.0 Å². The summed E-state index contributed by atoms with van der Waals surface area (Å²) < 4.78 is 1.91. The van der Waals surface area contributed by atoms with E-state index >= 15 is 0 Å². The summed E-state index contributed by atoms with van der Waals surface area (Å²) in [5.74, 6) is 0. The Balaban J connectivity index is 2.24. The molecular weight excluding hydrogens is 252 g/mol. The Morgan fingerprint density at radius 1 is 1.33 bits per heavy atom. The molecule has 0 fully saturated rings. The normalized spacial score (nSPS) is 10.7. The van der Waals surface area contributed by atoms with Crippen LogP contribution in [-0.2, 0) is 0 Å². The molecule has 2 amide bonds. The Morgan fingerprint density at radius 2 is 2.06 bits per heavy atom. The fourth-order valence-electron chi connectivity index (χ4n) is 1.50. The van der Waals surface area contributed by atoms with E-state index in [1.165, 1.54) is 6.21 Å². The summed E-state index contributed by atoms with van der Waals surface area (Å²) in [4.78, 5) is 10.5. The number of hydrazone groups is 1. The largest absolute Gasteiger partial charge is 0.350 e. The number of primary amides is 1. The summed E-state index contributed by atoms with van der Waals surface area (Å²) in [5.41, 5.74) is 8.82. The van der Waals surface area contributed by atoms with Crippen molar-refractivity contribution in [2.75, 3.05) is 0 Å². The van der Waals surface area contributed by atoms with Crippen LogP contribution in [0.25, 0.3) is 5.69 Å². The van der Waals surface area contributed by atoms with E-state index in [4.69, 9.17) is 17.3 Å². The maximum absolute atomic E-state index is 10.5. The first-order chi connectivity index (χ1) is 8.66. The first-order valence-corrected chi connectivity index (χ1v) is 5.56. The molecule has 0 saturated heterocycles. The second kappa shape index (κ2) is 5.37. The van der Waals surface area contributed by atoms with Crippen LogP contribution in [0.4, 0.5) is 4.79 Å². The number of rotatable bonds is 3. The molecule has 1 heterocycles. The van der Waals surface area contributed by atoms with Crippen molar-refractivity contribution in [1.29, 1.82) is 0 Å². The minimum atomic E-state index is -0.698. The van der Waals surface area contributed by atoms with E-state index in [1.54, 1.807) is 12.1 Å². The number of benzene rings is 1. The van der Waals surface area contributed by atoms with Gasteiger partial charge in [0.15, 0.2) is 0 Å². The lowest BCUT2D eigenvalue weighted by atomic mass is 10.3. The summed E-state index contributed by atoms with van der Waals surface area (Å²) in [5, 5.41) is 4.40. The first-order valence-electron chi connectivity index (χ1n) is 5.18. The van der Waals surface area contributed by atoms with Gasteiger partial charge in [-0.3, -0.25) is 0 Å². The van der Waals surface area contributed by atoms with Crippen LogP contribution in [0.1, 0.15) is 5.69 Å². The standard InChI is InChI=1S/C12H11ClN4O/c13-9-3-5-10(6-4-9)17-7-1-2-11(17)8-15-16-12(14)18/h1-8H,(H3,14,16,18). The van der Waals surface area contributed by atoms with Gasteiger partial charge in [0.05, 0.1) is 11.9 Å². The van der Waals surface area contributed by atoms with E-state index in [9.17, 15) is 4.79 Å². The molecule has 0 atom stereocenters. The zero-order chi connectivity index (χ0) is 13.0. The summed E-state index contributed by atoms with van der Waals surface area (Å²) in [6.07, 6.45) is 3.40. The van der Waals surface area contributed by atoms with Crippen molar-refractivity contribution in [1.82, 2.24) is 9.99 Å². The first kappa shape index (κ1) is 12.2. The third-order valence-corrected chi connectivity index (χ3v) is 2.51. The molecule has 6 heteroatoms. The zero-order valence-corrected chi connectivity index (χ0v) is 10.1. The van der Waals surface area contributed by atoms with E-state index < -0.39 is 6.03 Å². The second-order valence-corrected chi connectivity index (χ2v) is 3.95. The van der Waals surface area contributed by atoms with Crippen LogP contribution < -0.4 is 11.2 Å². The van der Waals surface area contributed by atoms with Crippen LogP contribution in [0.2, 0.25) is 5.02 Å². The quantitative estimate of drug-likeness (QED) is 0.645. The Morgan fingerprint density at radius 3 is 2.72 bits per heavy atom. The van der Waals surface area contributed by atoms with Gasteiger partial charge >= 0.3 is 6.03 Å². The van der Waals surface area contributed by atoms with Gasteiger partial charge in [-0.2, -0.15) is 5.10 Å². The molecule has 0 saturated carbocycles. The predicted molar refractivity (Wildman–Crippen MR) is 71.1 cm³/mol. The molecule has 3 N–H and O–H groups in total. The number of hydrogen-bond acceptors (Lipinski definition) is 2. The number of nitrogens with one attached hydrogen (secondary N) is 1. The SMILES string of the molecule is NC(=O)NN=Cc1cccn1-c1ccc(Cl)cc1. The van der Waals surface area contributed by atoms with E-state index in [0.29, 0.717) is 5.02 Å². The molecule has 1 aromatic heterocycles. The van der Waals surface area contributed by atoms with Crippen LogP contribution in [0.15, 0.2) is 47.7 Å². The van der Waals surface area contributed by atoms with Crippen LogP contribution in [0.5, 0.6) is 0 Å². The minimum Gasteiger partial charge on any atom is -0.350 e. The molecule has 18 heavy (non-hydrogen) atoms. The van der Waals surface area contributed by atoms with Crippen molar-refractivity contribution in [2.24, 2.45) is 10.8 Å². The molecule has 1 aromatic carbocycles. The van der Waals surface area contributed by atoms with Gasteiger partial charge in [0, 0.05) is 16.9 Å². The Bertz CT molecular complexity index is 574. The molecule has 5 nitrogen and oxygen atoms in total. The molecule has 0 bridgehead atoms. The molecule has 0 aliphatic carbocycles. The van der Waals surface area contributed by atoms with Gasteiger partial charge < -0.3 is 10.3 Å². The minimum absolute atomic E-state index is 0.677. The molecular formula is C12H11ClN4O. The number of urea groups is 1. The second-order valence-electron chi connectivity index (χ2n) is 3.51. The summed E-state index contributed by atoms with van der Waals surface area (Å²) in [7, 11) is 0. The summed E-state index contributed by atoms with van der Waals surface area (Å²) in [6.45, 7) is 0. The molecule has 2 aromatic rings. The van der Waals surface area contributed by atoms with Crippen LogP contribution >= 0.6 is 11.6 Å². The van der Waals surface area contributed by atoms with Crippen LogP contribution in [-0.4, -0.2) is 16.8 Å². The number of halogens is 1. The number of nitrogens with zero attached hydrogens (tertiary/aromatic N) is 2. The predicted octanol–water partition coefficient (Wildman–Crippen LogP) is 2.13. The Labute approximate surface area is 109 Å². The fraction of sp³-hybridized carbons (Fsp3) is 0. The number of aromatic nitrogens is 1. The number of nitrogens with two attached hydrogens (primary N) is 1. The van der Waals surface area contributed by atoms with E-state index in [2.05, 4.69) is 10.5 Å². The number of hydrogen-bond donors (Lipinski definition) is 2. The van der Waals surface area contributed by atoms with Gasteiger partial charge in [-0.25, -0.2) is 10.2 Å². The number of carbonyl (C=O) groups excluding carboxylic acids is 1. The highest BCUT2D eigenvalue weighted by atomic mass is 35.5. The summed E-state index contributed by atoms with van der Waals surface area (Å²) >= 11 is 5.83. The molecule has 92 valence electrons. The Kier molecular flexibility index (Phi) is 3.64. The maximum atomic E-state index is 10.5. The number of carbonyl (C=O) groups is 1. The van der Waals surface area contributed by atoms with Gasteiger partial charge in [0.2, 0.25) is 0 Å². The third kappa shape index (κ3) is 2.89. The van der Waals surface area contributed by atoms with Crippen molar-refractivity contribution in [3.05, 3.63) is 53.3 Å². The third-order valence-electron chi connectivity index (χ3n) is 2.26. The Hall–Kier alpha value is -2.27. The molecule has 0 aliphatic heterocycles. The van der Waals surface area contributed by atoms with Crippen LogP contribution in [0, 0.1) is 0 Å². The van der Waals surface area contributed by atoms with E-state index in [0.717, 1.165) is 11.4 Å². The zero-order valence-electron chi connectivity index (χ0n) is 9.38. The smallest absolute Gasteiger partial charge is 0.332 e. The lowest BCUT2D eigenvalue weighted by Gasteiger charge is -2.05. The van der Waals surface area contributed by atoms with Crippen molar-refractivity contribution >= 4 is 23.8 Å². The van der Waals surface area contributed by atoms with Gasteiger partial charge in [-0.15, -0.1) is 0 Å². The highest BCUT2D eigenvalue weighted by molar-refractivity contribution is 6.30. The summed E-state index contributed by atoms with van der Waals surface area (Å²) in [6, 6.07) is 10.4. The average molecular weight is 263 g/mol. The number of amides is 2. The highest BCUT2D eigenvalue weighted by Gasteiger charge is 2.01. The molecule has 0 spiro atoms. The maximum Gasteiger partial charge on any atom is 0.332 e. The van der Waals surface area contributed by atoms with Crippen molar-refractivity contribution in [3.8, 4) is 5.69 Å².